The van der Waals surface area contributed by atoms with Crippen molar-refractivity contribution >= 4 is 10.9 Å². The quantitative estimate of drug-likeness (QED) is 0.890. The van der Waals surface area contributed by atoms with Crippen molar-refractivity contribution in [2.75, 3.05) is 6.54 Å². The Hall–Kier alpha value is -1.79. The van der Waals surface area contributed by atoms with Gasteiger partial charge in [0.1, 0.15) is 0 Å². The first-order valence-corrected chi connectivity index (χ1v) is 7.00. The highest BCUT2D eigenvalue weighted by Crippen LogP contribution is 2.32. The van der Waals surface area contributed by atoms with Crippen LogP contribution in [0.2, 0.25) is 0 Å². The second-order valence-electron chi connectivity index (χ2n) is 5.47. The van der Waals surface area contributed by atoms with E-state index in [2.05, 4.69) is 35.1 Å². The van der Waals surface area contributed by atoms with Crippen molar-refractivity contribution in [3.05, 3.63) is 36.0 Å². The standard InChI is InChI=1S/C16H19N3/c1-12(14-4-5-14)18-7-9-19-8-6-15-3-2-13(11-17)10-16(15)19/h2-3,6,8,10,12,14,18H,4-5,7,9H2,1H3. The molecule has 1 N–H and O–H groups in total. The van der Waals surface area contributed by atoms with Crippen LogP contribution < -0.4 is 5.32 Å². The van der Waals surface area contributed by atoms with Crippen LogP contribution in [0, 0.1) is 17.2 Å². The summed E-state index contributed by atoms with van der Waals surface area (Å²) in [5.74, 6) is 0.895. The number of rotatable bonds is 5. The Kier molecular flexibility index (Phi) is 3.27. The molecule has 19 heavy (non-hydrogen) atoms. The van der Waals surface area contributed by atoms with E-state index in [0.717, 1.165) is 30.1 Å². The molecule has 1 aliphatic carbocycles. The normalized spacial score (nSPS) is 16.4. The number of hydrogen-bond acceptors (Lipinski definition) is 2. The molecule has 3 heteroatoms. The maximum atomic E-state index is 8.97. The number of hydrogen-bond donors (Lipinski definition) is 1. The molecule has 3 nitrogen and oxygen atoms in total. The second-order valence-corrected chi connectivity index (χ2v) is 5.47. The summed E-state index contributed by atoms with van der Waals surface area (Å²) in [4.78, 5) is 0. The molecule has 0 bridgehead atoms. The van der Waals surface area contributed by atoms with Gasteiger partial charge in [0, 0.05) is 30.8 Å². The van der Waals surface area contributed by atoms with Gasteiger partial charge in [0.25, 0.3) is 0 Å². The smallest absolute Gasteiger partial charge is 0.0992 e. The molecule has 1 unspecified atom stereocenters. The van der Waals surface area contributed by atoms with E-state index in [9.17, 15) is 0 Å². The summed E-state index contributed by atoms with van der Waals surface area (Å²) in [5.41, 5.74) is 1.88. The van der Waals surface area contributed by atoms with Crippen LogP contribution in [0.1, 0.15) is 25.3 Å². The first kappa shape index (κ1) is 12.3. The molecule has 1 aromatic carbocycles. The zero-order valence-electron chi connectivity index (χ0n) is 11.3. The van der Waals surface area contributed by atoms with Crippen molar-refractivity contribution < 1.29 is 0 Å². The van der Waals surface area contributed by atoms with Crippen LogP contribution >= 0.6 is 0 Å². The molecule has 1 aromatic heterocycles. The molecule has 0 radical (unpaired) electrons. The Bertz CT molecular complexity index is 616. The molecule has 0 saturated heterocycles. The summed E-state index contributed by atoms with van der Waals surface area (Å²) in [6.07, 6.45) is 4.87. The Morgan fingerprint density at radius 2 is 2.26 bits per heavy atom. The molecular weight excluding hydrogens is 234 g/mol. The maximum Gasteiger partial charge on any atom is 0.0992 e. The summed E-state index contributed by atoms with van der Waals surface area (Å²) in [5, 5.41) is 13.8. The van der Waals surface area contributed by atoms with Gasteiger partial charge in [-0.15, -0.1) is 0 Å². The van der Waals surface area contributed by atoms with Crippen molar-refractivity contribution in [3.63, 3.8) is 0 Å². The molecule has 2 aromatic rings. The summed E-state index contributed by atoms with van der Waals surface area (Å²) >= 11 is 0. The predicted molar refractivity (Wildman–Crippen MR) is 76.8 cm³/mol. The highest BCUT2D eigenvalue weighted by Gasteiger charge is 2.27. The number of nitrogens with one attached hydrogen (secondary N) is 1. The molecular formula is C16H19N3. The maximum absolute atomic E-state index is 8.97. The molecule has 0 spiro atoms. The molecule has 0 amide bonds. The van der Waals surface area contributed by atoms with Gasteiger partial charge in [-0.05, 0) is 49.3 Å². The molecule has 1 atom stereocenters. The summed E-state index contributed by atoms with van der Waals surface area (Å²) in [6.45, 7) is 4.22. The Labute approximate surface area is 113 Å². The van der Waals surface area contributed by atoms with Crippen LogP contribution in [-0.4, -0.2) is 17.2 Å². The van der Waals surface area contributed by atoms with E-state index >= 15 is 0 Å². The van der Waals surface area contributed by atoms with E-state index in [-0.39, 0.29) is 0 Å². The average Bonchev–Trinajstić information content (AvgIpc) is 3.21. The Morgan fingerprint density at radius 1 is 1.42 bits per heavy atom. The van der Waals surface area contributed by atoms with Crippen LogP contribution in [0.25, 0.3) is 10.9 Å². The lowest BCUT2D eigenvalue weighted by Gasteiger charge is -2.13. The third kappa shape index (κ3) is 2.64. The fourth-order valence-electron chi connectivity index (χ4n) is 2.62. The van der Waals surface area contributed by atoms with Gasteiger partial charge in [0.15, 0.2) is 0 Å². The van der Waals surface area contributed by atoms with Gasteiger partial charge < -0.3 is 9.88 Å². The average molecular weight is 253 g/mol. The summed E-state index contributed by atoms with van der Waals surface area (Å²) in [6, 6.07) is 10.8. The van der Waals surface area contributed by atoms with E-state index in [4.69, 9.17) is 5.26 Å². The summed E-state index contributed by atoms with van der Waals surface area (Å²) < 4.78 is 2.22. The SMILES string of the molecule is CC(NCCn1ccc2ccc(C#N)cc21)C1CC1. The predicted octanol–water partition coefficient (Wildman–Crippen LogP) is 2.90. The van der Waals surface area contributed by atoms with Crippen molar-refractivity contribution in [2.24, 2.45) is 5.92 Å². The number of aromatic nitrogens is 1. The third-order valence-corrected chi connectivity index (χ3v) is 4.05. The van der Waals surface area contributed by atoms with Crippen LogP contribution in [-0.2, 0) is 6.54 Å². The molecule has 1 saturated carbocycles. The lowest BCUT2D eigenvalue weighted by atomic mass is 10.2. The summed E-state index contributed by atoms with van der Waals surface area (Å²) in [7, 11) is 0. The van der Waals surface area contributed by atoms with E-state index in [1.54, 1.807) is 0 Å². The van der Waals surface area contributed by atoms with Gasteiger partial charge in [-0.25, -0.2) is 0 Å². The first-order chi connectivity index (χ1) is 9.28. The third-order valence-electron chi connectivity index (χ3n) is 4.05. The van der Waals surface area contributed by atoms with Crippen LogP contribution in [0.4, 0.5) is 0 Å². The fourth-order valence-corrected chi connectivity index (χ4v) is 2.62. The van der Waals surface area contributed by atoms with E-state index in [0.29, 0.717) is 6.04 Å². The van der Waals surface area contributed by atoms with E-state index in [1.807, 2.05) is 18.2 Å². The van der Waals surface area contributed by atoms with Gasteiger partial charge in [-0.2, -0.15) is 5.26 Å². The number of nitriles is 1. The first-order valence-electron chi connectivity index (χ1n) is 7.00. The van der Waals surface area contributed by atoms with Crippen LogP contribution in [0.15, 0.2) is 30.5 Å². The zero-order chi connectivity index (χ0) is 13.2. The van der Waals surface area contributed by atoms with Gasteiger partial charge in [-0.3, -0.25) is 0 Å². The molecule has 1 heterocycles. The lowest BCUT2D eigenvalue weighted by molar-refractivity contribution is 0.478. The van der Waals surface area contributed by atoms with Gasteiger partial charge in [-0.1, -0.05) is 6.07 Å². The highest BCUT2D eigenvalue weighted by atomic mass is 15.0. The number of fused-ring (bicyclic) bond motifs is 1. The van der Waals surface area contributed by atoms with Crippen LogP contribution in [0.3, 0.4) is 0 Å². The second kappa shape index (κ2) is 5.07. The lowest BCUT2D eigenvalue weighted by Crippen LogP contribution is -2.30. The minimum atomic E-state index is 0.636. The van der Waals surface area contributed by atoms with Gasteiger partial charge >= 0.3 is 0 Å². The molecule has 98 valence electrons. The monoisotopic (exact) mass is 253 g/mol. The van der Waals surface area contributed by atoms with Crippen molar-refractivity contribution in [2.45, 2.75) is 32.4 Å². The minimum Gasteiger partial charge on any atom is -0.346 e. The highest BCUT2D eigenvalue weighted by molar-refractivity contribution is 5.81. The topological polar surface area (TPSA) is 40.8 Å². The van der Waals surface area contributed by atoms with Gasteiger partial charge in [0.05, 0.1) is 11.6 Å². The minimum absolute atomic E-state index is 0.636. The van der Waals surface area contributed by atoms with Crippen molar-refractivity contribution in [3.8, 4) is 6.07 Å². The number of nitrogens with zero attached hydrogens (tertiary/aromatic N) is 2. The Balaban J connectivity index is 1.68. The molecule has 3 rings (SSSR count). The van der Waals surface area contributed by atoms with Crippen LogP contribution in [0.5, 0.6) is 0 Å². The van der Waals surface area contributed by atoms with E-state index in [1.165, 1.54) is 18.2 Å². The van der Waals surface area contributed by atoms with Crippen molar-refractivity contribution in [1.29, 1.82) is 5.26 Å². The largest absolute Gasteiger partial charge is 0.346 e. The van der Waals surface area contributed by atoms with Gasteiger partial charge in [0.2, 0.25) is 0 Å². The molecule has 1 fully saturated rings. The molecule has 0 aliphatic heterocycles. The molecule has 1 aliphatic rings. The van der Waals surface area contributed by atoms with E-state index < -0.39 is 0 Å². The fraction of sp³-hybridized carbons (Fsp3) is 0.438. The van der Waals surface area contributed by atoms with Crippen molar-refractivity contribution in [1.82, 2.24) is 9.88 Å². The zero-order valence-corrected chi connectivity index (χ0v) is 11.3. The number of benzene rings is 1. The Morgan fingerprint density at radius 3 is 3.00 bits per heavy atom.